The number of pyridine rings is 1. The minimum absolute atomic E-state index is 0.0710. The lowest BCUT2D eigenvalue weighted by atomic mass is 10.0. The Morgan fingerprint density at radius 2 is 1.73 bits per heavy atom. The van der Waals surface area contributed by atoms with Gasteiger partial charge in [0.2, 0.25) is 0 Å². The number of aryl methyl sites for hydroxylation is 2. The quantitative estimate of drug-likeness (QED) is 0.256. The molecule has 33 heavy (non-hydrogen) atoms. The molecule has 1 aromatic carbocycles. The van der Waals surface area contributed by atoms with Gasteiger partial charge in [0.25, 0.3) is 0 Å². The smallest absolute Gasteiger partial charge is 0.168 e. The highest BCUT2D eigenvalue weighted by molar-refractivity contribution is 5.60. The number of halogens is 3. The lowest BCUT2D eigenvalue weighted by Gasteiger charge is -2.09. The molecule has 0 N–H and O–H groups in total. The van der Waals surface area contributed by atoms with E-state index in [0.717, 1.165) is 5.56 Å². The van der Waals surface area contributed by atoms with Crippen molar-refractivity contribution < 1.29 is 17.9 Å². The van der Waals surface area contributed by atoms with Gasteiger partial charge in [-0.2, -0.15) is 0 Å². The van der Waals surface area contributed by atoms with E-state index in [9.17, 15) is 13.2 Å². The molecule has 1 aromatic heterocycles. The zero-order valence-electron chi connectivity index (χ0n) is 19.1. The lowest BCUT2D eigenvalue weighted by Crippen LogP contribution is -1.99. The number of aromatic nitrogens is 1. The van der Waals surface area contributed by atoms with Gasteiger partial charge in [-0.1, -0.05) is 56.2 Å². The summed E-state index contributed by atoms with van der Waals surface area (Å²) >= 11 is 0. The monoisotopic (exact) mass is 451 g/mol. The van der Waals surface area contributed by atoms with Crippen molar-refractivity contribution in [2.24, 2.45) is 0 Å². The van der Waals surface area contributed by atoms with E-state index in [1.165, 1.54) is 12.1 Å². The van der Waals surface area contributed by atoms with Crippen LogP contribution in [0, 0.1) is 18.6 Å². The Morgan fingerprint density at radius 1 is 1.00 bits per heavy atom. The summed E-state index contributed by atoms with van der Waals surface area (Å²) in [7, 11) is 0. The molecule has 2 nitrogen and oxygen atoms in total. The second kappa shape index (κ2) is 11.9. The lowest BCUT2D eigenvalue weighted by molar-refractivity contribution is 0.226. The predicted molar refractivity (Wildman–Crippen MR) is 129 cm³/mol. The van der Waals surface area contributed by atoms with E-state index in [1.54, 1.807) is 43.5 Å². The van der Waals surface area contributed by atoms with Crippen LogP contribution in [-0.2, 0) is 11.2 Å². The van der Waals surface area contributed by atoms with E-state index in [0.29, 0.717) is 35.4 Å². The van der Waals surface area contributed by atoms with Crippen molar-refractivity contribution >= 4 is 0 Å². The minimum atomic E-state index is -0.919. The molecular weight excluding hydrogens is 423 g/mol. The Labute approximate surface area is 193 Å². The van der Waals surface area contributed by atoms with Gasteiger partial charge in [0.15, 0.2) is 17.5 Å². The third-order valence-electron chi connectivity index (χ3n) is 4.88. The van der Waals surface area contributed by atoms with Crippen molar-refractivity contribution in [1.82, 2.24) is 4.98 Å². The van der Waals surface area contributed by atoms with Gasteiger partial charge < -0.3 is 4.74 Å². The summed E-state index contributed by atoms with van der Waals surface area (Å²) in [6, 6.07) is 6.55. The SMILES string of the molecule is C=C(/C=C\C(=C)C(=C)/C=C(/F)C(=C)OCC)CCc1ccc(-c2ccc(C)cn2)c(F)c1F. The zero-order valence-corrected chi connectivity index (χ0v) is 19.1. The molecule has 0 saturated heterocycles. The van der Waals surface area contributed by atoms with Crippen LogP contribution in [0.5, 0.6) is 0 Å². The fourth-order valence-corrected chi connectivity index (χ4v) is 2.88. The summed E-state index contributed by atoms with van der Waals surface area (Å²) in [6.45, 7) is 19.0. The first-order valence-corrected chi connectivity index (χ1v) is 10.5. The van der Waals surface area contributed by atoms with Crippen LogP contribution in [-0.4, -0.2) is 11.6 Å². The van der Waals surface area contributed by atoms with Gasteiger partial charge in [-0.3, -0.25) is 4.98 Å². The molecule has 0 unspecified atom stereocenters. The van der Waals surface area contributed by atoms with Crippen LogP contribution in [0.15, 0.2) is 103 Å². The second-order valence-electron chi connectivity index (χ2n) is 7.51. The third kappa shape index (κ3) is 7.21. The van der Waals surface area contributed by atoms with E-state index in [2.05, 4.69) is 31.3 Å². The Balaban J connectivity index is 1.99. The fourth-order valence-electron chi connectivity index (χ4n) is 2.88. The number of allylic oxidation sites excluding steroid dienone is 7. The first kappa shape index (κ1) is 25.7. The molecule has 0 bridgehead atoms. The predicted octanol–water partition coefficient (Wildman–Crippen LogP) is 7.90. The normalized spacial score (nSPS) is 11.5. The summed E-state index contributed by atoms with van der Waals surface area (Å²) in [5.74, 6) is -2.51. The van der Waals surface area contributed by atoms with Gasteiger partial charge in [-0.15, -0.1) is 0 Å². The molecule has 0 fully saturated rings. The molecule has 0 saturated carbocycles. The number of hydrogen-bond donors (Lipinski definition) is 0. The highest BCUT2D eigenvalue weighted by atomic mass is 19.2. The molecule has 0 atom stereocenters. The number of nitrogens with zero attached hydrogens (tertiary/aromatic N) is 1. The van der Waals surface area contributed by atoms with Crippen molar-refractivity contribution in [3.63, 3.8) is 0 Å². The van der Waals surface area contributed by atoms with Crippen molar-refractivity contribution in [3.8, 4) is 11.3 Å². The summed E-state index contributed by atoms with van der Waals surface area (Å²) in [4.78, 5) is 4.16. The molecule has 0 aliphatic heterocycles. The number of rotatable bonds is 11. The molecule has 2 aromatic rings. The molecule has 0 spiro atoms. The average Bonchev–Trinajstić information content (AvgIpc) is 2.79. The van der Waals surface area contributed by atoms with Crippen molar-refractivity contribution in [2.75, 3.05) is 6.61 Å². The first-order valence-electron chi connectivity index (χ1n) is 10.5. The highest BCUT2D eigenvalue weighted by Crippen LogP contribution is 2.26. The summed E-state index contributed by atoms with van der Waals surface area (Å²) in [5.41, 5.74) is 3.19. The molecule has 0 aliphatic rings. The van der Waals surface area contributed by atoms with Crippen LogP contribution in [0.2, 0.25) is 0 Å². The van der Waals surface area contributed by atoms with Crippen LogP contribution in [0.4, 0.5) is 13.2 Å². The van der Waals surface area contributed by atoms with Gasteiger partial charge in [0, 0.05) is 11.8 Å². The van der Waals surface area contributed by atoms with E-state index >= 15 is 0 Å². The van der Waals surface area contributed by atoms with Crippen LogP contribution < -0.4 is 0 Å². The van der Waals surface area contributed by atoms with Gasteiger partial charge in [-0.25, -0.2) is 13.2 Å². The molecular formula is C28H28F3NO. The first-order chi connectivity index (χ1) is 15.6. The van der Waals surface area contributed by atoms with E-state index < -0.39 is 17.5 Å². The molecule has 0 aliphatic carbocycles. The maximum absolute atomic E-state index is 14.6. The standard InChI is InChI=1S/C28H28F3NO/c1-7-33-22(6)25(29)16-21(5)20(4)11-8-18(2)9-12-23-13-14-24(28(31)27(23)30)26-15-10-19(3)17-32-26/h8,10-11,13-17H,2,4-7,9,12H2,1,3H3/b11-8-,25-16+. The van der Waals surface area contributed by atoms with Crippen LogP contribution >= 0.6 is 0 Å². The van der Waals surface area contributed by atoms with Crippen LogP contribution in [0.1, 0.15) is 24.5 Å². The fraction of sp³-hybridized carbons (Fsp3) is 0.179. The van der Waals surface area contributed by atoms with Crippen molar-refractivity contribution in [1.29, 1.82) is 0 Å². The molecule has 5 heteroatoms. The van der Waals surface area contributed by atoms with Crippen LogP contribution in [0.25, 0.3) is 11.3 Å². The number of benzene rings is 1. The topological polar surface area (TPSA) is 22.1 Å². The Bertz CT molecular complexity index is 1120. The average molecular weight is 452 g/mol. The third-order valence-corrected chi connectivity index (χ3v) is 4.88. The molecule has 0 amide bonds. The zero-order chi connectivity index (χ0) is 24.5. The maximum Gasteiger partial charge on any atom is 0.168 e. The van der Waals surface area contributed by atoms with Crippen molar-refractivity contribution in [3.05, 3.63) is 126 Å². The molecule has 1 heterocycles. The van der Waals surface area contributed by atoms with E-state index in [-0.39, 0.29) is 23.3 Å². The van der Waals surface area contributed by atoms with Gasteiger partial charge in [-0.05, 0) is 67.2 Å². The van der Waals surface area contributed by atoms with E-state index in [1.807, 2.05) is 6.92 Å². The van der Waals surface area contributed by atoms with Crippen LogP contribution in [0.3, 0.4) is 0 Å². The van der Waals surface area contributed by atoms with Gasteiger partial charge in [0.05, 0.1) is 12.3 Å². The second-order valence-corrected chi connectivity index (χ2v) is 7.51. The number of ether oxygens (including phenoxy) is 1. The van der Waals surface area contributed by atoms with E-state index in [4.69, 9.17) is 4.74 Å². The number of hydrogen-bond acceptors (Lipinski definition) is 2. The summed E-state index contributed by atoms with van der Waals surface area (Å²) in [5, 5.41) is 0. The minimum Gasteiger partial charge on any atom is -0.491 e. The molecule has 0 radical (unpaired) electrons. The maximum atomic E-state index is 14.6. The van der Waals surface area contributed by atoms with Gasteiger partial charge in [0.1, 0.15) is 5.76 Å². The highest BCUT2D eigenvalue weighted by Gasteiger charge is 2.15. The molecule has 2 rings (SSSR count). The Morgan fingerprint density at radius 3 is 2.36 bits per heavy atom. The summed E-state index contributed by atoms with van der Waals surface area (Å²) < 4.78 is 48.2. The van der Waals surface area contributed by atoms with Gasteiger partial charge >= 0.3 is 0 Å². The molecule has 172 valence electrons. The Kier molecular flexibility index (Phi) is 9.22. The Hall–Kier alpha value is -3.60. The summed E-state index contributed by atoms with van der Waals surface area (Å²) in [6.07, 6.45) is 6.80. The van der Waals surface area contributed by atoms with Crippen molar-refractivity contribution in [2.45, 2.75) is 26.7 Å². The largest absolute Gasteiger partial charge is 0.491 e.